The zero-order chi connectivity index (χ0) is 21.2. The lowest BCUT2D eigenvalue weighted by atomic mass is 10.1. The number of benzene rings is 2. The molecule has 1 aliphatic heterocycles. The molecule has 0 radical (unpaired) electrons. The van der Waals surface area contributed by atoms with Crippen molar-refractivity contribution in [2.45, 2.75) is 11.4 Å². The zero-order valence-electron chi connectivity index (χ0n) is 16.2. The summed E-state index contributed by atoms with van der Waals surface area (Å²) in [6.07, 6.45) is 0.982. The molecule has 0 bridgehead atoms. The van der Waals surface area contributed by atoms with Crippen LogP contribution in [0.5, 0.6) is 5.75 Å². The number of halogens is 1. The van der Waals surface area contributed by atoms with Crippen molar-refractivity contribution in [2.24, 2.45) is 0 Å². The summed E-state index contributed by atoms with van der Waals surface area (Å²) in [5.74, 6) is 0.758. The molecule has 0 spiro atoms. The lowest BCUT2D eigenvalue weighted by Gasteiger charge is -2.36. The molecule has 0 saturated carbocycles. The van der Waals surface area contributed by atoms with Crippen molar-refractivity contribution in [1.29, 1.82) is 0 Å². The first-order chi connectivity index (χ1) is 13.7. The van der Waals surface area contributed by atoms with Gasteiger partial charge in [-0.1, -0.05) is 17.7 Å². The highest BCUT2D eigenvalue weighted by Crippen LogP contribution is 2.35. The van der Waals surface area contributed by atoms with Crippen molar-refractivity contribution in [2.75, 3.05) is 44.4 Å². The van der Waals surface area contributed by atoms with Gasteiger partial charge in [0.25, 0.3) is 0 Å². The van der Waals surface area contributed by atoms with Crippen LogP contribution in [0, 0.1) is 10.1 Å². The van der Waals surface area contributed by atoms with Gasteiger partial charge in [-0.05, 0) is 30.3 Å². The summed E-state index contributed by atoms with van der Waals surface area (Å²) >= 11 is 6.10. The second-order valence-corrected chi connectivity index (χ2v) is 9.29. The molecule has 10 heteroatoms. The molecule has 1 heterocycles. The summed E-state index contributed by atoms with van der Waals surface area (Å²) in [4.78, 5) is 14.8. The number of nitro benzene ring substituents is 1. The van der Waals surface area contributed by atoms with Gasteiger partial charge in [-0.3, -0.25) is 15.0 Å². The minimum absolute atomic E-state index is 0.258. The van der Waals surface area contributed by atoms with Crippen LogP contribution in [0.25, 0.3) is 0 Å². The second kappa shape index (κ2) is 8.56. The average Bonchev–Trinajstić information content (AvgIpc) is 2.67. The largest absolute Gasteiger partial charge is 0.496 e. The molecular weight excluding hydrogens is 418 g/mol. The molecule has 0 aliphatic carbocycles. The number of anilines is 1. The number of nitrogens with zero attached hydrogens (tertiary/aromatic N) is 3. The van der Waals surface area contributed by atoms with Gasteiger partial charge in [-0.25, -0.2) is 8.42 Å². The van der Waals surface area contributed by atoms with Crippen molar-refractivity contribution in [1.82, 2.24) is 4.90 Å². The van der Waals surface area contributed by atoms with E-state index in [2.05, 4.69) is 4.90 Å². The Hall–Kier alpha value is -2.36. The van der Waals surface area contributed by atoms with Gasteiger partial charge < -0.3 is 9.64 Å². The Bertz CT molecular complexity index is 1020. The van der Waals surface area contributed by atoms with Crippen LogP contribution in [0.15, 0.2) is 41.3 Å². The number of nitro groups is 1. The Morgan fingerprint density at radius 1 is 1.17 bits per heavy atom. The van der Waals surface area contributed by atoms with Gasteiger partial charge in [0, 0.05) is 49.6 Å². The number of piperazine rings is 1. The molecule has 3 rings (SSSR count). The number of methoxy groups -OCH3 is 1. The smallest absolute Gasteiger partial charge is 0.311 e. The van der Waals surface area contributed by atoms with Crippen LogP contribution >= 0.6 is 11.6 Å². The first-order valence-corrected chi connectivity index (χ1v) is 11.2. The molecule has 1 aliphatic rings. The number of sulfone groups is 1. The first kappa shape index (κ1) is 21.4. The van der Waals surface area contributed by atoms with Gasteiger partial charge in [0.2, 0.25) is 0 Å². The van der Waals surface area contributed by atoms with Crippen LogP contribution in [0.3, 0.4) is 0 Å². The quantitative estimate of drug-likeness (QED) is 0.504. The van der Waals surface area contributed by atoms with Gasteiger partial charge in [0.1, 0.15) is 16.3 Å². The predicted molar refractivity (Wildman–Crippen MR) is 112 cm³/mol. The van der Waals surface area contributed by atoms with Crippen LogP contribution < -0.4 is 9.64 Å². The number of para-hydroxylation sites is 1. The standard InChI is InChI=1S/C19H22ClN3O5S/c1-28-17-7-6-15(20)12-14(17)13-21-8-10-22(11-9-21)16-4-3-5-18(29(2,26)27)19(16)23(24)25/h3-7,12H,8-11,13H2,1-2H3. The lowest BCUT2D eigenvalue weighted by Crippen LogP contribution is -2.46. The SMILES string of the molecule is COc1ccc(Cl)cc1CN1CCN(c2cccc(S(C)(=O)=O)c2[N+](=O)[O-])CC1. The summed E-state index contributed by atoms with van der Waals surface area (Å²) in [5.41, 5.74) is 0.941. The van der Waals surface area contributed by atoms with Gasteiger partial charge in [-0.15, -0.1) is 0 Å². The van der Waals surface area contributed by atoms with Gasteiger partial charge >= 0.3 is 5.69 Å². The molecule has 0 unspecified atom stereocenters. The third-order valence-electron chi connectivity index (χ3n) is 4.91. The van der Waals surface area contributed by atoms with E-state index in [0.717, 1.165) is 17.6 Å². The molecule has 0 N–H and O–H groups in total. The molecule has 0 aromatic heterocycles. The highest BCUT2D eigenvalue weighted by Gasteiger charge is 2.30. The molecule has 1 fully saturated rings. The van der Waals surface area contributed by atoms with E-state index < -0.39 is 14.8 Å². The van der Waals surface area contributed by atoms with E-state index >= 15 is 0 Å². The number of hydrogen-bond donors (Lipinski definition) is 0. The maximum atomic E-state index is 12.0. The van der Waals surface area contributed by atoms with E-state index in [-0.39, 0.29) is 10.6 Å². The van der Waals surface area contributed by atoms with E-state index in [1.54, 1.807) is 25.3 Å². The van der Waals surface area contributed by atoms with E-state index in [1.807, 2.05) is 17.0 Å². The van der Waals surface area contributed by atoms with Crippen molar-refractivity contribution < 1.29 is 18.1 Å². The van der Waals surface area contributed by atoms with E-state index in [4.69, 9.17) is 16.3 Å². The fraction of sp³-hybridized carbons (Fsp3) is 0.368. The Balaban J connectivity index is 1.78. The fourth-order valence-corrected chi connectivity index (χ4v) is 4.56. The Kier molecular flexibility index (Phi) is 6.30. The molecule has 2 aromatic rings. The Morgan fingerprint density at radius 2 is 1.86 bits per heavy atom. The Labute approximate surface area is 174 Å². The Morgan fingerprint density at radius 3 is 2.45 bits per heavy atom. The summed E-state index contributed by atoms with van der Waals surface area (Å²) in [6.45, 7) is 3.04. The van der Waals surface area contributed by atoms with Crippen molar-refractivity contribution >= 4 is 32.8 Å². The third kappa shape index (κ3) is 4.80. The molecule has 1 saturated heterocycles. The van der Waals surface area contributed by atoms with Crippen LogP contribution in [0.1, 0.15) is 5.56 Å². The maximum Gasteiger partial charge on any atom is 0.311 e. The highest BCUT2D eigenvalue weighted by molar-refractivity contribution is 7.90. The van der Waals surface area contributed by atoms with E-state index in [0.29, 0.717) is 43.4 Å². The summed E-state index contributed by atoms with van der Waals surface area (Å²) in [6, 6.07) is 9.89. The van der Waals surface area contributed by atoms with Gasteiger partial charge in [0.15, 0.2) is 9.84 Å². The monoisotopic (exact) mass is 439 g/mol. The van der Waals surface area contributed by atoms with Crippen molar-refractivity contribution in [3.63, 3.8) is 0 Å². The lowest BCUT2D eigenvalue weighted by molar-refractivity contribution is -0.387. The summed E-state index contributed by atoms with van der Waals surface area (Å²) < 4.78 is 29.4. The van der Waals surface area contributed by atoms with Crippen LogP contribution in [0.4, 0.5) is 11.4 Å². The average molecular weight is 440 g/mol. The summed E-state index contributed by atoms with van der Waals surface area (Å²) in [5, 5.41) is 12.2. The van der Waals surface area contributed by atoms with Gasteiger partial charge in [-0.2, -0.15) is 0 Å². The highest BCUT2D eigenvalue weighted by atomic mass is 35.5. The van der Waals surface area contributed by atoms with E-state index in [1.165, 1.54) is 6.07 Å². The molecule has 156 valence electrons. The normalized spacial score (nSPS) is 15.3. The van der Waals surface area contributed by atoms with Crippen LogP contribution in [-0.4, -0.2) is 57.8 Å². The summed E-state index contributed by atoms with van der Waals surface area (Å²) in [7, 11) is -2.10. The minimum atomic E-state index is -3.71. The molecule has 0 atom stereocenters. The molecule has 8 nitrogen and oxygen atoms in total. The fourth-order valence-electron chi connectivity index (χ4n) is 3.51. The number of rotatable bonds is 6. The number of ether oxygens (including phenoxy) is 1. The minimum Gasteiger partial charge on any atom is -0.496 e. The van der Waals surface area contributed by atoms with Crippen molar-refractivity contribution in [3.05, 3.63) is 57.1 Å². The zero-order valence-corrected chi connectivity index (χ0v) is 17.7. The van der Waals surface area contributed by atoms with Crippen molar-refractivity contribution in [3.8, 4) is 5.75 Å². The van der Waals surface area contributed by atoms with Crippen LogP contribution in [-0.2, 0) is 16.4 Å². The predicted octanol–water partition coefficient (Wildman–Crippen LogP) is 2.98. The molecular formula is C19H22ClN3O5S. The topological polar surface area (TPSA) is 93.0 Å². The first-order valence-electron chi connectivity index (χ1n) is 8.98. The van der Waals surface area contributed by atoms with Gasteiger partial charge in [0.05, 0.1) is 12.0 Å². The van der Waals surface area contributed by atoms with E-state index in [9.17, 15) is 18.5 Å². The maximum absolute atomic E-state index is 12.0. The number of hydrogen-bond acceptors (Lipinski definition) is 7. The second-order valence-electron chi connectivity index (χ2n) is 6.87. The molecule has 2 aromatic carbocycles. The molecule has 29 heavy (non-hydrogen) atoms. The molecule has 0 amide bonds. The van der Waals surface area contributed by atoms with Crippen LogP contribution in [0.2, 0.25) is 5.02 Å². The third-order valence-corrected chi connectivity index (χ3v) is 6.27.